The van der Waals surface area contributed by atoms with Crippen LogP contribution in [0.25, 0.3) is 11.1 Å². The first-order chi connectivity index (χ1) is 5.66. The average molecular weight is 228 g/mol. The van der Waals surface area contributed by atoms with E-state index in [0.717, 1.165) is 5.39 Å². The summed E-state index contributed by atoms with van der Waals surface area (Å²) in [5.41, 5.74) is 6.16. The molecule has 0 bridgehead atoms. The number of aromatic nitrogens is 2. The Kier molecular flexibility index (Phi) is 1.54. The lowest BCUT2D eigenvalue weighted by molar-refractivity contribution is 0.574. The molecule has 0 atom stereocenters. The molecule has 4 nitrogen and oxygen atoms in total. The summed E-state index contributed by atoms with van der Waals surface area (Å²) in [5, 5.41) is 0.743. The quantitative estimate of drug-likeness (QED) is 0.747. The summed E-state index contributed by atoms with van der Waals surface area (Å²) >= 11 is 3.19. The van der Waals surface area contributed by atoms with E-state index < -0.39 is 0 Å². The van der Waals surface area contributed by atoms with Gasteiger partial charge in [-0.2, -0.15) is 4.98 Å². The molecule has 5 heteroatoms. The van der Waals surface area contributed by atoms with E-state index in [2.05, 4.69) is 25.9 Å². The average Bonchev–Trinajstić information content (AvgIpc) is 2.29. The lowest BCUT2D eigenvalue weighted by atomic mass is 10.4. The highest BCUT2D eigenvalue weighted by atomic mass is 79.9. The Morgan fingerprint density at radius 1 is 1.50 bits per heavy atom. The highest BCUT2D eigenvalue weighted by Gasteiger charge is 2.07. The number of anilines is 1. The van der Waals surface area contributed by atoms with E-state index in [1.54, 1.807) is 13.0 Å². The zero-order valence-corrected chi connectivity index (χ0v) is 7.92. The van der Waals surface area contributed by atoms with Crippen molar-refractivity contribution < 1.29 is 4.42 Å². The van der Waals surface area contributed by atoms with Crippen LogP contribution in [0.2, 0.25) is 0 Å². The molecule has 0 radical (unpaired) electrons. The SMILES string of the molecule is Cc1nc(N)c2cc(Br)oc2n1. The number of hydrogen-bond acceptors (Lipinski definition) is 4. The zero-order valence-electron chi connectivity index (χ0n) is 6.34. The first kappa shape index (κ1) is 7.54. The molecule has 2 aromatic rings. The van der Waals surface area contributed by atoms with Gasteiger partial charge in [0.05, 0.1) is 5.39 Å². The van der Waals surface area contributed by atoms with Crippen molar-refractivity contribution in [1.82, 2.24) is 9.97 Å². The minimum absolute atomic E-state index is 0.451. The number of aryl methyl sites for hydroxylation is 1. The van der Waals surface area contributed by atoms with Gasteiger partial charge in [0.25, 0.3) is 0 Å². The van der Waals surface area contributed by atoms with Crippen LogP contribution in [0, 0.1) is 6.92 Å². The van der Waals surface area contributed by atoms with Crippen LogP contribution >= 0.6 is 15.9 Å². The Morgan fingerprint density at radius 3 is 3.00 bits per heavy atom. The van der Waals surface area contributed by atoms with Gasteiger partial charge in [0.1, 0.15) is 11.6 Å². The third-order valence-corrected chi connectivity index (χ3v) is 1.89. The van der Waals surface area contributed by atoms with Crippen molar-refractivity contribution in [2.45, 2.75) is 6.92 Å². The summed E-state index contributed by atoms with van der Waals surface area (Å²) in [6.07, 6.45) is 0. The lowest BCUT2D eigenvalue weighted by Crippen LogP contribution is -1.94. The van der Waals surface area contributed by atoms with E-state index >= 15 is 0 Å². The van der Waals surface area contributed by atoms with Crippen LogP contribution in [0.1, 0.15) is 5.82 Å². The molecular formula is C7H6BrN3O. The molecule has 2 heterocycles. The Bertz CT molecular complexity index is 437. The first-order valence-electron chi connectivity index (χ1n) is 3.36. The van der Waals surface area contributed by atoms with Crippen molar-refractivity contribution in [1.29, 1.82) is 0 Å². The van der Waals surface area contributed by atoms with Crippen molar-refractivity contribution in [2.75, 3.05) is 5.73 Å². The maximum absolute atomic E-state index is 5.64. The van der Waals surface area contributed by atoms with Crippen molar-refractivity contribution in [2.24, 2.45) is 0 Å². The standard InChI is InChI=1S/C7H6BrN3O/c1-3-10-6(9)4-2-5(8)12-7(4)11-3/h2H,1H3,(H2,9,10,11). The first-order valence-corrected chi connectivity index (χ1v) is 4.15. The van der Waals surface area contributed by atoms with Gasteiger partial charge in [-0.3, -0.25) is 0 Å². The molecule has 0 amide bonds. The van der Waals surface area contributed by atoms with E-state index in [1.807, 2.05) is 0 Å². The molecule has 0 spiro atoms. The second-order valence-corrected chi connectivity index (χ2v) is 3.21. The number of nitrogens with two attached hydrogens (primary N) is 1. The summed E-state index contributed by atoms with van der Waals surface area (Å²) in [5.74, 6) is 1.06. The topological polar surface area (TPSA) is 64.9 Å². The summed E-state index contributed by atoms with van der Waals surface area (Å²) < 4.78 is 5.83. The minimum atomic E-state index is 0.451. The molecule has 0 unspecified atom stereocenters. The Balaban J connectivity index is 2.88. The lowest BCUT2D eigenvalue weighted by Gasteiger charge is -1.94. The summed E-state index contributed by atoms with van der Waals surface area (Å²) in [4.78, 5) is 8.07. The van der Waals surface area contributed by atoms with Gasteiger partial charge in [-0.05, 0) is 22.9 Å². The van der Waals surface area contributed by atoms with Crippen LogP contribution in [0.3, 0.4) is 0 Å². The zero-order chi connectivity index (χ0) is 8.72. The largest absolute Gasteiger partial charge is 0.431 e. The summed E-state index contributed by atoms with van der Waals surface area (Å²) in [6, 6.07) is 1.75. The third-order valence-electron chi connectivity index (χ3n) is 1.50. The fourth-order valence-corrected chi connectivity index (χ4v) is 1.41. The molecule has 0 aromatic carbocycles. The van der Waals surface area contributed by atoms with Gasteiger partial charge in [-0.25, -0.2) is 4.98 Å². The maximum atomic E-state index is 5.64. The molecule has 12 heavy (non-hydrogen) atoms. The third kappa shape index (κ3) is 1.06. The molecule has 2 aromatic heterocycles. The van der Waals surface area contributed by atoms with E-state index in [9.17, 15) is 0 Å². The number of furan rings is 1. The fourth-order valence-electron chi connectivity index (χ4n) is 1.03. The van der Waals surface area contributed by atoms with Gasteiger partial charge in [0, 0.05) is 6.07 Å². The Hall–Kier alpha value is -1.10. The van der Waals surface area contributed by atoms with Crippen LogP contribution in [-0.4, -0.2) is 9.97 Å². The predicted molar refractivity (Wildman–Crippen MR) is 48.7 cm³/mol. The number of hydrogen-bond donors (Lipinski definition) is 1. The molecule has 2 rings (SSSR count). The van der Waals surface area contributed by atoms with E-state index in [1.165, 1.54) is 0 Å². The molecule has 0 aliphatic carbocycles. The van der Waals surface area contributed by atoms with Gasteiger partial charge in [-0.15, -0.1) is 0 Å². The Morgan fingerprint density at radius 2 is 2.25 bits per heavy atom. The molecule has 0 aliphatic rings. The molecule has 0 fully saturated rings. The molecular weight excluding hydrogens is 222 g/mol. The number of fused-ring (bicyclic) bond motifs is 1. The van der Waals surface area contributed by atoms with Crippen LogP contribution in [0.15, 0.2) is 15.2 Å². The molecule has 2 N–H and O–H groups in total. The van der Waals surface area contributed by atoms with Gasteiger partial charge < -0.3 is 10.2 Å². The van der Waals surface area contributed by atoms with Crippen LogP contribution < -0.4 is 5.73 Å². The monoisotopic (exact) mass is 227 g/mol. The second kappa shape index (κ2) is 2.45. The van der Waals surface area contributed by atoms with Crippen molar-refractivity contribution in [3.63, 3.8) is 0 Å². The van der Waals surface area contributed by atoms with Crippen molar-refractivity contribution in [3.8, 4) is 0 Å². The second-order valence-electron chi connectivity index (χ2n) is 2.43. The van der Waals surface area contributed by atoms with E-state index in [-0.39, 0.29) is 0 Å². The molecule has 62 valence electrons. The number of nitrogens with zero attached hydrogens (tertiary/aromatic N) is 2. The minimum Gasteiger partial charge on any atom is -0.431 e. The summed E-state index contributed by atoms with van der Waals surface area (Å²) in [7, 11) is 0. The van der Waals surface area contributed by atoms with Crippen molar-refractivity contribution in [3.05, 3.63) is 16.6 Å². The maximum Gasteiger partial charge on any atom is 0.232 e. The predicted octanol–water partition coefficient (Wildman–Crippen LogP) is 1.88. The van der Waals surface area contributed by atoms with E-state index in [0.29, 0.717) is 22.0 Å². The molecule has 0 saturated carbocycles. The summed E-state index contributed by atoms with van der Waals surface area (Å²) in [6.45, 7) is 1.77. The highest BCUT2D eigenvalue weighted by Crippen LogP contribution is 2.24. The molecule has 0 aliphatic heterocycles. The number of halogens is 1. The normalized spacial score (nSPS) is 10.8. The van der Waals surface area contributed by atoms with Crippen LogP contribution in [0.5, 0.6) is 0 Å². The van der Waals surface area contributed by atoms with Gasteiger partial charge in [0.15, 0.2) is 4.67 Å². The highest BCUT2D eigenvalue weighted by molar-refractivity contribution is 9.10. The van der Waals surface area contributed by atoms with Crippen LogP contribution in [0.4, 0.5) is 5.82 Å². The number of nitrogen functional groups attached to an aromatic ring is 1. The number of rotatable bonds is 0. The van der Waals surface area contributed by atoms with E-state index in [4.69, 9.17) is 10.2 Å². The van der Waals surface area contributed by atoms with Crippen molar-refractivity contribution >= 4 is 32.8 Å². The van der Waals surface area contributed by atoms with Gasteiger partial charge in [0.2, 0.25) is 5.71 Å². The van der Waals surface area contributed by atoms with Gasteiger partial charge in [-0.1, -0.05) is 0 Å². The molecule has 0 saturated heterocycles. The fraction of sp³-hybridized carbons (Fsp3) is 0.143. The van der Waals surface area contributed by atoms with Crippen LogP contribution in [-0.2, 0) is 0 Å². The smallest absolute Gasteiger partial charge is 0.232 e. The van der Waals surface area contributed by atoms with Gasteiger partial charge >= 0.3 is 0 Å². The Labute approximate surface area is 76.9 Å².